The maximum absolute atomic E-state index is 2.60. The molecule has 11 aromatic rings. The van der Waals surface area contributed by atoms with Crippen LogP contribution >= 0.6 is 22.7 Å². The van der Waals surface area contributed by atoms with Crippen LogP contribution in [0.2, 0.25) is 0 Å². The van der Waals surface area contributed by atoms with Crippen molar-refractivity contribution in [1.82, 2.24) is 0 Å². The Labute approximate surface area is 458 Å². The summed E-state index contributed by atoms with van der Waals surface area (Å²) < 4.78 is 2.61. The van der Waals surface area contributed by atoms with Crippen molar-refractivity contribution in [2.75, 3.05) is 9.80 Å². The SMILES string of the molecule is Cc1cc2c3c(c1)N(c1cccc(-c4cc5ccccc5s4)c1)c1cc(-c4cc5ccccc5s4)ccc1B3c1cc(C(C)(C)C)ccc1N2c1cc(-c2ccc(C(C)(C)C)cc2)cc(-c2ccc(C(C)(C)C)cc2)c1. The number of nitrogens with zero attached hydrogens (tertiary/aromatic N) is 2. The zero-order valence-corrected chi connectivity index (χ0v) is 47.0. The Balaban J connectivity index is 1.07. The van der Waals surface area contributed by atoms with Gasteiger partial charge in [0.25, 0.3) is 6.71 Å². The smallest absolute Gasteiger partial charge is 0.252 e. The molecule has 2 aliphatic heterocycles. The van der Waals surface area contributed by atoms with Crippen molar-refractivity contribution in [3.63, 3.8) is 0 Å². The molecule has 13 rings (SSSR count). The Bertz CT molecular complexity index is 3940. The minimum absolute atomic E-state index is 0.0230. The van der Waals surface area contributed by atoms with Crippen LogP contribution < -0.4 is 26.2 Å². The van der Waals surface area contributed by atoms with E-state index < -0.39 is 0 Å². The largest absolute Gasteiger partial charge is 0.311 e. The third-order valence-corrected chi connectivity index (χ3v) is 18.3. The van der Waals surface area contributed by atoms with E-state index in [1.54, 1.807) is 0 Å². The van der Waals surface area contributed by atoms with Gasteiger partial charge in [0.2, 0.25) is 0 Å². The molecule has 0 N–H and O–H groups in total. The standard InChI is InChI=1S/C71H63BN2S2/c1-44-34-62-68-63(35-44)74(57-38-51(45-22-27-53(28-23-45)69(2,3)4)36-52(39-57)46-24-29-54(30-25-46)70(5,6)7)60-33-31-55(71(8,9)10)43-59(60)72(68)58-32-26-50(67-42-49-17-12-14-21-65(49)76-67)40-61(58)73(62)56-19-15-18-47(37-56)66-41-48-16-11-13-20-64(48)75-66/h11-43H,1-10H3. The molecule has 76 heavy (non-hydrogen) atoms. The zero-order valence-electron chi connectivity index (χ0n) is 45.3. The van der Waals surface area contributed by atoms with Gasteiger partial charge in [0.05, 0.1) is 0 Å². The molecule has 2 aliphatic rings. The first-order valence-corrected chi connectivity index (χ1v) is 28.5. The summed E-state index contributed by atoms with van der Waals surface area (Å²) in [7, 11) is 0. The lowest BCUT2D eigenvalue weighted by molar-refractivity contribution is 0.590. The molecule has 0 radical (unpaired) electrons. The van der Waals surface area contributed by atoms with Crippen LogP contribution in [0.4, 0.5) is 34.1 Å². The molecule has 0 fully saturated rings. The fourth-order valence-corrected chi connectivity index (χ4v) is 13.9. The highest BCUT2D eigenvalue weighted by molar-refractivity contribution is 7.22. The van der Waals surface area contributed by atoms with Crippen LogP contribution in [0.3, 0.4) is 0 Å². The van der Waals surface area contributed by atoms with Crippen LogP contribution in [0, 0.1) is 6.92 Å². The molecular weight excluding hydrogens is 956 g/mol. The Kier molecular flexibility index (Phi) is 11.3. The number of rotatable bonds is 6. The number of benzene rings is 9. The van der Waals surface area contributed by atoms with Gasteiger partial charge in [-0.05, 0) is 185 Å². The van der Waals surface area contributed by atoms with Crippen molar-refractivity contribution >= 4 is 100 Å². The highest BCUT2D eigenvalue weighted by Crippen LogP contribution is 2.49. The second-order valence-electron chi connectivity index (χ2n) is 24.4. The van der Waals surface area contributed by atoms with Gasteiger partial charge >= 0.3 is 0 Å². The predicted octanol–water partition coefficient (Wildman–Crippen LogP) is 19.1. The molecule has 0 bridgehead atoms. The van der Waals surface area contributed by atoms with Crippen LogP contribution in [-0.4, -0.2) is 6.71 Å². The van der Waals surface area contributed by atoms with Gasteiger partial charge in [0.15, 0.2) is 0 Å². The zero-order chi connectivity index (χ0) is 52.4. The topological polar surface area (TPSA) is 6.48 Å². The molecule has 2 nitrogen and oxygen atoms in total. The van der Waals surface area contributed by atoms with E-state index in [1.807, 2.05) is 22.7 Å². The Morgan fingerprint density at radius 3 is 1.37 bits per heavy atom. The van der Waals surface area contributed by atoms with E-state index in [9.17, 15) is 0 Å². The van der Waals surface area contributed by atoms with Gasteiger partial charge in [0, 0.05) is 53.3 Å². The molecule has 9 aromatic carbocycles. The maximum Gasteiger partial charge on any atom is 0.252 e. The Morgan fingerprint density at radius 2 is 0.829 bits per heavy atom. The van der Waals surface area contributed by atoms with Crippen LogP contribution in [0.15, 0.2) is 200 Å². The molecule has 0 unspecified atom stereocenters. The molecule has 0 spiro atoms. The van der Waals surface area contributed by atoms with Crippen molar-refractivity contribution in [1.29, 1.82) is 0 Å². The van der Waals surface area contributed by atoms with Gasteiger partial charge in [-0.25, -0.2) is 0 Å². The van der Waals surface area contributed by atoms with Gasteiger partial charge < -0.3 is 9.80 Å². The minimum atomic E-state index is -0.0661. The van der Waals surface area contributed by atoms with Gasteiger partial charge in [0.1, 0.15) is 0 Å². The van der Waals surface area contributed by atoms with Crippen LogP contribution in [0.5, 0.6) is 0 Å². The van der Waals surface area contributed by atoms with Gasteiger partial charge in [-0.3, -0.25) is 0 Å². The summed E-state index contributed by atoms with van der Waals surface area (Å²) >= 11 is 3.75. The highest BCUT2D eigenvalue weighted by Gasteiger charge is 2.44. The lowest BCUT2D eigenvalue weighted by Gasteiger charge is -2.45. The van der Waals surface area contributed by atoms with Crippen LogP contribution in [0.25, 0.3) is 63.3 Å². The summed E-state index contributed by atoms with van der Waals surface area (Å²) in [5, 5.41) is 2.56. The molecule has 0 aliphatic carbocycles. The summed E-state index contributed by atoms with van der Waals surface area (Å²) in [5.74, 6) is 0. The minimum Gasteiger partial charge on any atom is -0.311 e. The number of hydrogen-bond donors (Lipinski definition) is 0. The molecule has 0 amide bonds. The number of thiophene rings is 2. The lowest BCUT2D eigenvalue weighted by Crippen LogP contribution is -2.61. The monoisotopic (exact) mass is 1020 g/mol. The number of hydrogen-bond acceptors (Lipinski definition) is 4. The first-order valence-electron chi connectivity index (χ1n) is 26.9. The van der Waals surface area contributed by atoms with Crippen molar-refractivity contribution in [2.24, 2.45) is 0 Å². The van der Waals surface area contributed by atoms with E-state index in [0.717, 1.165) is 11.4 Å². The molecule has 5 heteroatoms. The Morgan fingerprint density at radius 1 is 0.342 bits per heavy atom. The average molecular weight is 1020 g/mol. The summed E-state index contributed by atoms with van der Waals surface area (Å²) in [6.07, 6.45) is 0. The highest BCUT2D eigenvalue weighted by atomic mass is 32.1. The fraction of sp³-hybridized carbons (Fsp3) is 0.183. The quantitative estimate of drug-likeness (QED) is 0.153. The molecule has 2 aromatic heterocycles. The van der Waals surface area contributed by atoms with Crippen molar-refractivity contribution < 1.29 is 0 Å². The van der Waals surface area contributed by atoms with E-state index >= 15 is 0 Å². The molecule has 0 saturated heterocycles. The van der Waals surface area contributed by atoms with Crippen molar-refractivity contribution in [3.05, 3.63) is 222 Å². The third kappa shape index (κ3) is 8.40. The number of aryl methyl sites for hydroxylation is 1. The summed E-state index contributed by atoms with van der Waals surface area (Å²) in [6, 6.07) is 77.0. The molecular formula is C71H63BN2S2. The second-order valence-corrected chi connectivity index (χ2v) is 26.6. The number of fused-ring (bicyclic) bond motifs is 6. The normalized spacial score (nSPS) is 13.3. The summed E-state index contributed by atoms with van der Waals surface area (Å²) in [4.78, 5) is 7.75. The molecule has 4 heterocycles. The Hall–Kier alpha value is -7.44. The first kappa shape index (κ1) is 48.2. The van der Waals surface area contributed by atoms with Gasteiger partial charge in [-0.1, -0.05) is 184 Å². The van der Waals surface area contributed by atoms with Crippen molar-refractivity contribution in [3.8, 4) is 43.1 Å². The fourth-order valence-electron chi connectivity index (χ4n) is 11.8. The lowest BCUT2D eigenvalue weighted by atomic mass is 9.33. The van der Waals surface area contributed by atoms with Crippen LogP contribution in [0.1, 0.15) is 84.6 Å². The first-order chi connectivity index (χ1) is 36.4. The van der Waals surface area contributed by atoms with E-state index in [4.69, 9.17) is 0 Å². The van der Waals surface area contributed by atoms with E-state index in [1.165, 1.54) is 125 Å². The number of anilines is 6. The van der Waals surface area contributed by atoms with Gasteiger partial charge in [-0.15, -0.1) is 22.7 Å². The van der Waals surface area contributed by atoms with Crippen LogP contribution in [-0.2, 0) is 16.2 Å². The predicted molar refractivity (Wildman–Crippen MR) is 334 cm³/mol. The van der Waals surface area contributed by atoms with E-state index in [2.05, 4.69) is 279 Å². The molecule has 372 valence electrons. The third-order valence-electron chi connectivity index (χ3n) is 15.9. The van der Waals surface area contributed by atoms with E-state index in [-0.39, 0.29) is 23.0 Å². The summed E-state index contributed by atoms with van der Waals surface area (Å²) in [6.45, 7) is 23.1. The second kappa shape index (κ2) is 17.8. The summed E-state index contributed by atoms with van der Waals surface area (Å²) in [5.41, 5.74) is 23.7. The molecule has 0 saturated carbocycles. The van der Waals surface area contributed by atoms with Crippen molar-refractivity contribution in [2.45, 2.75) is 85.5 Å². The molecule has 0 atom stereocenters. The van der Waals surface area contributed by atoms with Gasteiger partial charge in [-0.2, -0.15) is 0 Å². The maximum atomic E-state index is 2.60. The van der Waals surface area contributed by atoms with E-state index in [0.29, 0.717) is 0 Å². The average Bonchev–Trinajstić information content (AvgIpc) is 4.13.